The summed E-state index contributed by atoms with van der Waals surface area (Å²) in [6.45, 7) is 2.15. The van der Waals surface area contributed by atoms with Crippen LogP contribution in [0.15, 0.2) is 77.3 Å². The lowest BCUT2D eigenvalue weighted by atomic mass is 9.77. The second-order valence-electron chi connectivity index (χ2n) is 7.39. The average Bonchev–Trinajstić information content (AvgIpc) is 2.74. The van der Waals surface area contributed by atoms with Crippen molar-refractivity contribution in [2.24, 2.45) is 0 Å². The van der Waals surface area contributed by atoms with Gasteiger partial charge in [0.15, 0.2) is 5.78 Å². The minimum absolute atomic E-state index is 0.0801. The number of pyridine rings is 1. The van der Waals surface area contributed by atoms with E-state index in [4.69, 9.17) is 4.74 Å². The van der Waals surface area contributed by atoms with E-state index >= 15 is 0 Å². The number of nitrogens with one attached hydrogen (secondary N) is 1. The van der Waals surface area contributed by atoms with Gasteiger partial charge in [0.1, 0.15) is 0 Å². The Hall–Kier alpha value is -3.21. The highest BCUT2D eigenvalue weighted by Gasteiger charge is 2.39. The molecule has 0 saturated heterocycles. The van der Waals surface area contributed by atoms with Crippen molar-refractivity contribution in [3.63, 3.8) is 0 Å². The zero-order chi connectivity index (χ0) is 20.2. The quantitative estimate of drug-likeness (QED) is 0.789. The average molecular weight is 388 g/mol. The second kappa shape index (κ2) is 8.43. The highest BCUT2D eigenvalue weighted by atomic mass is 16.5. The SMILES string of the molecule is CC1=C(C(=O)OCCc2ccccc2)[C@@H](c2ccccn2)C2=C(CCCC2=O)N1. The lowest BCUT2D eigenvalue weighted by Gasteiger charge is -2.33. The van der Waals surface area contributed by atoms with Crippen molar-refractivity contribution in [3.8, 4) is 0 Å². The molecule has 2 aromatic rings. The summed E-state index contributed by atoms with van der Waals surface area (Å²) in [7, 11) is 0. The van der Waals surface area contributed by atoms with Crippen LogP contribution in [0.3, 0.4) is 0 Å². The van der Waals surface area contributed by atoms with E-state index in [-0.39, 0.29) is 12.4 Å². The Morgan fingerprint density at radius 2 is 1.93 bits per heavy atom. The molecule has 148 valence electrons. The summed E-state index contributed by atoms with van der Waals surface area (Å²) in [6, 6.07) is 15.5. The molecule has 0 unspecified atom stereocenters. The van der Waals surface area contributed by atoms with Gasteiger partial charge in [0, 0.05) is 36.0 Å². The molecule has 1 atom stereocenters. The van der Waals surface area contributed by atoms with Gasteiger partial charge in [-0.1, -0.05) is 36.4 Å². The van der Waals surface area contributed by atoms with Crippen molar-refractivity contribution < 1.29 is 14.3 Å². The number of ketones is 1. The van der Waals surface area contributed by atoms with E-state index in [1.54, 1.807) is 6.20 Å². The van der Waals surface area contributed by atoms with E-state index in [0.717, 1.165) is 29.8 Å². The number of dihydropyridines is 1. The molecule has 29 heavy (non-hydrogen) atoms. The van der Waals surface area contributed by atoms with Gasteiger partial charge in [-0.05, 0) is 37.5 Å². The first-order valence-electron chi connectivity index (χ1n) is 10.0. The van der Waals surface area contributed by atoms with Crippen molar-refractivity contribution in [1.82, 2.24) is 10.3 Å². The van der Waals surface area contributed by atoms with Crippen molar-refractivity contribution in [1.29, 1.82) is 0 Å². The Morgan fingerprint density at radius 1 is 1.14 bits per heavy atom. The fourth-order valence-corrected chi connectivity index (χ4v) is 4.08. The molecule has 1 aromatic heterocycles. The monoisotopic (exact) mass is 388 g/mol. The van der Waals surface area contributed by atoms with E-state index < -0.39 is 11.9 Å². The van der Waals surface area contributed by atoms with Gasteiger partial charge in [0.25, 0.3) is 0 Å². The number of benzene rings is 1. The zero-order valence-corrected chi connectivity index (χ0v) is 16.5. The van der Waals surface area contributed by atoms with Gasteiger partial charge in [-0.25, -0.2) is 4.79 Å². The van der Waals surface area contributed by atoms with Gasteiger partial charge in [-0.15, -0.1) is 0 Å². The van der Waals surface area contributed by atoms with Crippen molar-refractivity contribution >= 4 is 11.8 Å². The number of Topliss-reactive ketones (excluding diaryl/α,β-unsaturated/α-hetero) is 1. The number of nitrogens with zero attached hydrogens (tertiary/aromatic N) is 1. The summed E-state index contributed by atoms with van der Waals surface area (Å²) >= 11 is 0. The molecule has 0 amide bonds. The molecule has 5 heteroatoms. The fourth-order valence-electron chi connectivity index (χ4n) is 4.08. The van der Waals surface area contributed by atoms with E-state index in [1.165, 1.54) is 0 Å². The molecule has 1 aliphatic heterocycles. The van der Waals surface area contributed by atoms with Gasteiger partial charge in [0.05, 0.1) is 23.8 Å². The molecule has 2 aliphatic rings. The minimum atomic E-state index is -0.482. The number of rotatable bonds is 5. The van der Waals surface area contributed by atoms with Crippen LogP contribution in [0.25, 0.3) is 0 Å². The summed E-state index contributed by atoms with van der Waals surface area (Å²) < 4.78 is 5.62. The van der Waals surface area contributed by atoms with Crippen LogP contribution in [0, 0.1) is 0 Å². The molecule has 1 N–H and O–H groups in total. The Labute approximate surface area is 170 Å². The Morgan fingerprint density at radius 3 is 2.69 bits per heavy atom. The van der Waals surface area contributed by atoms with Crippen LogP contribution in [-0.4, -0.2) is 23.3 Å². The molecule has 5 nitrogen and oxygen atoms in total. The first-order valence-corrected chi connectivity index (χ1v) is 10.0. The highest BCUT2D eigenvalue weighted by Crippen LogP contribution is 2.41. The third kappa shape index (κ3) is 3.99. The number of aromatic nitrogens is 1. The lowest BCUT2D eigenvalue weighted by molar-refractivity contribution is -0.139. The van der Waals surface area contributed by atoms with Gasteiger partial charge in [-0.2, -0.15) is 0 Å². The van der Waals surface area contributed by atoms with Crippen molar-refractivity contribution in [2.75, 3.05) is 6.61 Å². The normalized spacial score (nSPS) is 18.9. The zero-order valence-electron chi connectivity index (χ0n) is 16.5. The van der Waals surface area contributed by atoms with E-state index in [2.05, 4.69) is 10.3 Å². The predicted octanol–water partition coefficient (Wildman–Crippen LogP) is 3.84. The maximum Gasteiger partial charge on any atom is 0.336 e. The summed E-state index contributed by atoms with van der Waals surface area (Å²) in [6.07, 6.45) is 4.47. The van der Waals surface area contributed by atoms with Crippen molar-refractivity contribution in [3.05, 3.63) is 88.5 Å². The van der Waals surface area contributed by atoms with E-state index in [0.29, 0.717) is 29.7 Å². The predicted molar refractivity (Wildman–Crippen MR) is 110 cm³/mol. The number of esters is 1. The lowest BCUT2D eigenvalue weighted by Crippen LogP contribution is -2.34. The van der Waals surface area contributed by atoms with Crippen LogP contribution in [0.2, 0.25) is 0 Å². The summed E-state index contributed by atoms with van der Waals surface area (Å²) in [5.74, 6) is -0.799. The van der Waals surface area contributed by atoms with Crippen LogP contribution >= 0.6 is 0 Å². The Bertz CT molecular complexity index is 978. The van der Waals surface area contributed by atoms with E-state index in [9.17, 15) is 9.59 Å². The minimum Gasteiger partial charge on any atom is -0.462 e. The number of ether oxygens (including phenoxy) is 1. The molecule has 4 rings (SSSR count). The number of carbonyl (C=O) groups excluding carboxylic acids is 2. The van der Waals surface area contributed by atoms with Gasteiger partial charge >= 0.3 is 5.97 Å². The standard InChI is InChI=1S/C24H24N2O3/c1-16-21(24(28)29-15-13-17-8-3-2-4-9-17)23(18-10-5-6-14-25-18)22-19(26-16)11-7-12-20(22)27/h2-6,8-10,14,23,26H,7,11-13,15H2,1H3/t23-/m1/s1. The molecule has 0 spiro atoms. The smallest absolute Gasteiger partial charge is 0.336 e. The summed E-state index contributed by atoms with van der Waals surface area (Å²) in [5.41, 5.74) is 4.60. The van der Waals surface area contributed by atoms with Gasteiger partial charge in [-0.3, -0.25) is 9.78 Å². The first kappa shape index (κ1) is 19.1. The number of hydrogen-bond donors (Lipinski definition) is 1. The van der Waals surface area contributed by atoms with Crippen molar-refractivity contribution in [2.45, 2.75) is 38.5 Å². The topological polar surface area (TPSA) is 68.3 Å². The maximum atomic E-state index is 13.1. The molecule has 0 saturated carbocycles. The highest BCUT2D eigenvalue weighted by molar-refractivity contribution is 6.03. The van der Waals surface area contributed by atoms with Crippen LogP contribution in [0.1, 0.15) is 43.4 Å². The van der Waals surface area contributed by atoms with Crippen LogP contribution in [0.4, 0.5) is 0 Å². The fraction of sp³-hybridized carbons (Fsp3) is 0.292. The van der Waals surface area contributed by atoms with Gasteiger partial charge < -0.3 is 10.1 Å². The molecule has 1 aliphatic carbocycles. The van der Waals surface area contributed by atoms with Crippen LogP contribution < -0.4 is 5.32 Å². The molecular formula is C24H24N2O3. The van der Waals surface area contributed by atoms with Crippen LogP contribution in [-0.2, 0) is 20.7 Å². The summed E-state index contributed by atoms with van der Waals surface area (Å²) in [4.78, 5) is 30.3. The molecule has 0 radical (unpaired) electrons. The van der Waals surface area contributed by atoms with Gasteiger partial charge in [0.2, 0.25) is 0 Å². The number of allylic oxidation sites excluding steroid dienone is 3. The number of hydrogen-bond acceptors (Lipinski definition) is 5. The second-order valence-corrected chi connectivity index (χ2v) is 7.39. The largest absolute Gasteiger partial charge is 0.462 e. The molecule has 1 aromatic carbocycles. The summed E-state index contributed by atoms with van der Waals surface area (Å²) in [5, 5.41) is 3.30. The Kier molecular flexibility index (Phi) is 5.56. The number of carbonyl (C=O) groups is 2. The molecular weight excluding hydrogens is 364 g/mol. The molecule has 0 fully saturated rings. The third-order valence-corrected chi connectivity index (χ3v) is 5.45. The first-order chi connectivity index (χ1) is 14.1. The molecule has 2 heterocycles. The third-order valence-electron chi connectivity index (χ3n) is 5.45. The maximum absolute atomic E-state index is 13.1. The van der Waals surface area contributed by atoms with E-state index in [1.807, 2.05) is 55.5 Å². The van der Waals surface area contributed by atoms with Crippen LogP contribution in [0.5, 0.6) is 0 Å². The Balaban J connectivity index is 1.61. The molecule has 0 bridgehead atoms.